The number of rotatable bonds is 9. The van der Waals surface area contributed by atoms with Crippen LogP contribution < -0.4 is 16.0 Å². The van der Waals surface area contributed by atoms with Crippen molar-refractivity contribution in [1.82, 2.24) is 10.6 Å². The normalized spacial score (nSPS) is 14.4. The van der Waals surface area contributed by atoms with Crippen molar-refractivity contribution in [2.24, 2.45) is 0 Å². The topological polar surface area (TPSA) is 117 Å². The van der Waals surface area contributed by atoms with Crippen LogP contribution in [0.25, 0.3) is 0 Å². The Labute approximate surface area is 161 Å². The lowest BCUT2D eigenvalue weighted by atomic mass is 10.1. The van der Waals surface area contributed by atoms with E-state index in [1.807, 2.05) is 6.92 Å². The summed E-state index contributed by atoms with van der Waals surface area (Å²) < 4.78 is 17.6. The van der Waals surface area contributed by atoms with Gasteiger partial charge in [-0.05, 0) is 44.5 Å². The number of urea groups is 1. The average molecular weight is 450 g/mol. The van der Waals surface area contributed by atoms with Gasteiger partial charge in [-0.2, -0.15) is 0 Å². The predicted molar refractivity (Wildman–Crippen MR) is 104 cm³/mol. The van der Waals surface area contributed by atoms with Crippen LogP contribution >= 0.6 is 23.5 Å². The summed E-state index contributed by atoms with van der Waals surface area (Å²) in [5.74, 6) is -0.542. The number of anilines is 1. The second-order valence-electron chi connectivity index (χ2n) is 5.94. The minimum Gasteiger partial charge on any atom is -0.343 e. The Hall–Kier alpha value is -1.41. The van der Waals surface area contributed by atoms with E-state index in [2.05, 4.69) is 31.9 Å². The van der Waals surface area contributed by atoms with Crippen molar-refractivity contribution in [2.45, 2.75) is 45.8 Å². The first-order valence-corrected chi connectivity index (χ1v) is 10.8. The number of hydrogen-bond donors (Lipinski definition) is 4. The second kappa shape index (κ2) is 10.7. The van der Waals surface area contributed by atoms with Gasteiger partial charge < -0.3 is 25.4 Å². The molecule has 2 unspecified atom stereocenters. The number of halogens is 1. The molecule has 0 aliphatic carbocycles. The van der Waals surface area contributed by atoms with E-state index in [9.17, 15) is 19.0 Å². The lowest BCUT2D eigenvalue weighted by Gasteiger charge is -2.20. The average Bonchev–Trinajstić information content (AvgIpc) is 2.53. The molecule has 0 radical (unpaired) electrons. The Kier molecular flexibility index (Phi) is 9.29. The largest absolute Gasteiger partial charge is 0.347 e. The summed E-state index contributed by atoms with van der Waals surface area (Å²) in [6, 6.07) is 5.62. The minimum absolute atomic E-state index is 0.389. The molecule has 0 saturated carbocycles. The molecule has 8 nitrogen and oxygen atoms in total. The van der Waals surface area contributed by atoms with Crippen LogP contribution in [-0.2, 0) is 13.9 Å². The fraction of sp³-hybridized carbons (Fsp3) is 0.500. The van der Waals surface area contributed by atoms with Gasteiger partial charge in [-0.1, -0.05) is 29.3 Å². The molecule has 0 spiro atoms. The molecule has 0 aliphatic heterocycles. The van der Waals surface area contributed by atoms with Gasteiger partial charge in [-0.15, -0.1) is 0 Å². The van der Waals surface area contributed by atoms with Crippen molar-refractivity contribution in [2.75, 3.05) is 11.6 Å². The summed E-state index contributed by atoms with van der Waals surface area (Å²) in [6.07, 6.45) is 0.0836. The highest BCUT2D eigenvalue weighted by molar-refractivity contribution is 9.10. The number of carbonyl (C=O) groups excluding carboxylic acids is 2. The van der Waals surface area contributed by atoms with Crippen molar-refractivity contribution >= 4 is 41.2 Å². The molecule has 3 amide bonds. The van der Waals surface area contributed by atoms with Crippen molar-refractivity contribution < 1.29 is 23.6 Å². The first-order chi connectivity index (χ1) is 12.1. The van der Waals surface area contributed by atoms with E-state index in [1.165, 1.54) is 0 Å². The van der Waals surface area contributed by atoms with Crippen LogP contribution in [0, 0.1) is 0 Å². The second-order valence-corrected chi connectivity index (χ2v) is 8.66. The van der Waals surface area contributed by atoms with Crippen molar-refractivity contribution in [3.05, 3.63) is 28.7 Å². The zero-order chi connectivity index (χ0) is 19.7. The first-order valence-electron chi connectivity index (χ1n) is 8.24. The van der Waals surface area contributed by atoms with E-state index in [0.717, 1.165) is 4.47 Å². The number of benzene rings is 1. The molecule has 146 valence electrons. The Morgan fingerprint density at radius 2 is 1.88 bits per heavy atom. The predicted octanol–water partition coefficient (Wildman–Crippen LogP) is 3.42. The van der Waals surface area contributed by atoms with Crippen LogP contribution in [0.4, 0.5) is 10.5 Å². The summed E-state index contributed by atoms with van der Waals surface area (Å²) in [7, 11) is -3.92. The first kappa shape index (κ1) is 22.6. The van der Waals surface area contributed by atoms with Crippen LogP contribution in [0.3, 0.4) is 0 Å². The summed E-state index contributed by atoms with van der Waals surface area (Å²) in [5.41, 5.74) is 0.576. The maximum Gasteiger partial charge on any atom is 0.347 e. The maximum atomic E-state index is 12.3. The van der Waals surface area contributed by atoms with Crippen LogP contribution in [0.15, 0.2) is 28.7 Å². The Balaban J connectivity index is 2.60. The Bertz CT molecular complexity index is 654. The molecular formula is C16H25BrN3O5P. The monoisotopic (exact) mass is 449 g/mol. The van der Waals surface area contributed by atoms with Crippen LogP contribution in [0.2, 0.25) is 0 Å². The molecule has 10 heteroatoms. The van der Waals surface area contributed by atoms with E-state index >= 15 is 0 Å². The number of carbonyl (C=O) groups is 2. The van der Waals surface area contributed by atoms with Gasteiger partial charge in [-0.25, -0.2) is 4.79 Å². The van der Waals surface area contributed by atoms with Crippen LogP contribution in [0.1, 0.15) is 33.6 Å². The van der Waals surface area contributed by atoms with Crippen molar-refractivity contribution in [3.63, 3.8) is 0 Å². The van der Waals surface area contributed by atoms with Crippen LogP contribution in [-0.4, -0.2) is 35.3 Å². The van der Waals surface area contributed by atoms with E-state index in [0.29, 0.717) is 18.5 Å². The SMILES string of the molecule is CCCC(NC(=O)Nc1ccc(Br)cc1)C(=O)NCP(=O)(O)OC(C)C. The molecule has 4 N–H and O–H groups in total. The summed E-state index contributed by atoms with van der Waals surface area (Å²) in [5, 5.41) is 7.57. The van der Waals surface area contributed by atoms with E-state index in [4.69, 9.17) is 4.52 Å². The molecular weight excluding hydrogens is 425 g/mol. The standard InChI is InChI=1S/C16H25BrN3O5P/c1-4-5-14(15(21)18-10-26(23,24)25-11(2)3)20-16(22)19-13-8-6-12(17)7-9-13/h6-9,11,14H,4-5,10H2,1-3H3,(H,18,21)(H,23,24)(H2,19,20,22). The summed E-state index contributed by atoms with van der Waals surface area (Å²) >= 11 is 3.30. The Morgan fingerprint density at radius 3 is 2.42 bits per heavy atom. The fourth-order valence-corrected chi connectivity index (χ4v) is 3.44. The number of nitrogens with one attached hydrogen (secondary N) is 3. The van der Waals surface area contributed by atoms with Gasteiger partial charge in [0.1, 0.15) is 12.3 Å². The molecule has 0 aliphatic rings. The smallest absolute Gasteiger partial charge is 0.343 e. The van der Waals surface area contributed by atoms with Gasteiger partial charge in [0.15, 0.2) is 0 Å². The zero-order valence-electron chi connectivity index (χ0n) is 15.0. The number of amides is 3. The highest BCUT2D eigenvalue weighted by Gasteiger charge is 2.25. The van der Waals surface area contributed by atoms with Gasteiger partial charge in [0.25, 0.3) is 0 Å². The third-order valence-electron chi connectivity index (χ3n) is 3.13. The molecule has 0 fully saturated rings. The Morgan fingerprint density at radius 1 is 1.27 bits per heavy atom. The lowest BCUT2D eigenvalue weighted by Crippen LogP contribution is -2.48. The molecule has 0 aromatic heterocycles. The quantitative estimate of drug-likeness (QED) is 0.431. The molecule has 0 bridgehead atoms. The molecule has 0 saturated heterocycles. The van der Waals surface area contributed by atoms with Gasteiger partial charge >= 0.3 is 13.6 Å². The molecule has 0 heterocycles. The maximum absolute atomic E-state index is 12.3. The molecule has 26 heavy (non-hydrogen) atoms. The minimum atomic E-state index is -3.92. The number of hydrogen-bond acceptors (Lipinski definition) is 4. The zero-order valence-corrected chi connectivity index (χ0v) is 17.5. The van der Waals surface area contributed by atoms with Crippen LogP contribution in [0.5, 0.6) is 0 Å². The van der Waals surface area contributed by atoms with Gasteiger partial charge in [-0.3, -0.25) is 9.36 Å². The van der Waals surface area contributed by atoms with Crippen molar-refractivity contribution in [3.8, 4) is 0 Å². The molecule has 2 atom stereocenters. The molecule has 1 aromatic rings. The highest BCUT2D eigenvalue weighted by atomic mass is 79.9. The molecule has 1 aromatic carbocycles. The van der Waals surface area contributed by atoms with Crippen molar-refractivity contribution in [1.29, 1.82) is 0 Å². The summed E-state index contributed by atoms with van der Waals surface area (Å²) in [4.78, 5) is 34.0. The van der Waals surface area contributed by atoms with E-state index in [1.54, 1.807) is 38.1 Å². The third kappa shape index (κ3) is 8.80. The fourth-order valence-electron chi connectivity index (χ4n) is 2.08. The van der Waals surface area contributed by atoms with E-state index in [-0.39, 0.29) is 0 Å². The van der Waals surface area contributed by atoms with Gasteiger partial charge in [0.2, 0.25) is 5.91 Å². The summed E-state index contributed by atoms with van der Waals surface area (Å²) in [6.45, 7) is 5.12. The third-order valence-corrected chi connectivity index (χ3v) is 4.97. The highest BCUT2D eigenvalue weighted by Crippen LogP contribution is 2.41. The molecule has 1 rings (SSSR count). The lowest BCUT2D eigenvalue weighted by molar-refractivity contribution is -0.122. The van der Waals surface area contributed by atoms with E-state index < -0.39 is 38.0 Å². The van der Waals surface area contributed by atoms with Gasteiger partial charge in [0, 0.05) is 10.2 Å². The van der Waals surface area contributed by atoms with Gasteiger partial charge in [0.05, 0.1) is 6.10 Å².